The Balaban J connectivity index is 2.29. The highest BCUT2D eigenvalue weighted by atomic mass is 16.2. The molecule has 1 aliphatic heterocycles. The molecule has 2 N–H and O–H groups in total. The van der Waals surface area contributed by atoms with Crippen molar-refractivity contribution < 1.29 is 4.79 Å². The first-order chi connectivity index (χ1) is 8.46. The number of carbonyl (C=O) groups is 1. The van der Waals surface area contributed by atoms with Gasteiger partial charge in [-0.3, -0.25) is 4.79 Å². The number of pyridine rings is 1. The SMILES string of the molecule is CN1CCN(c2ccc(CN)cn2)C(C)(C)C1=O. The molecule has 1 amide bonds. The van der Waals surface area contributed by atoms with Gasteiger partial charge >= 0.3 is 0 Å². The van der Waals surface area contributed by atoms with Crippen LogP contribution >= 0.6 is 0 Å². The summed E-state index contributed by atoms with van der Waals surface area (Å²) in [4.78, 5) is 20.4. The second-order valence-electron chi connectivity index (χ2n) is 5.17. The fraction of sp³-hybridized carbons (Fsp3) is 0.538. The minimum atomic E-state index is -0.551. The maximum Gasteiger partial charge on any atom is 0.247 e. The van der Waals surface area contributed by atoms with Crippen molar-refractivity contribution in [2.24, 2.45) is 5.73 Å². The van der Waals surface area contributed by atoms with Crippen LogP contribution in [-0.2, 0) is 11.3 Å². The maximum atomic E-state index is 12.2. The highest BCUT2D eigenvalue weighted by Gasteiger charge is 2.40. The van der Waals surface area contributed by atoms with Crippen LogP contribution < -0.4 is 10.6 Å². The molecule has 1 aromatic rings. The fourth-order valence-electron chi connectivity index (χ4n) is 2.31. The quantitative estimate of drug-likeness (QED) is 0.832. The average Bonchev–Trinajstić information content (AvgIpc) is 2.36. The Morgan fingerprint density at radius 3 is 2.67 bits per heavy atom. The normalized spacial score (nSPS) is 19.2. The lowest BCUT2D eigenvalue weighted by molar-refractivity contribution is -0.136. The lowest BCUT2D eigenvalue weighted by Gasteiger charge is -2.45. The van der Waals surface area contributed by atoms with Gasteiger partial charge in [-0.1, -0.05) is 6.07 Å². The van der Waals surface area contributed by atoms with Crippen molar-refractivity contribution in [3.05, 3.63) is 23.9 Å². The summed E-state index contributed by atoms with van der Waals surface area (Å²) in [5.41, 5.74) is 6.00. The number of likely N-dealkylation sites (N-methyl/N-ethyl adjacent to an activating group) is 1. The van der Waals surface area contributed by atoms with Crippen LogP contribution in [-0.4, -0.2) is 41.5 Å². The standard InChI is InChI=1S/C13H20N4O/c1-13(2)12(18)16(3)6-7-17(13)11-5-4-10(8-14)9-15-11/h4-5,9H,6-8,14H2,1-3H3. The largest absolute Gasteiger partial charge is 0.342 e. The first-order valence-electron chi connectivity index (χ1n) is 6.15. The average molecular weight is 248 g/mol. The highest BCUT2D eigenvalue weighted by Crippen LogP contribution is 2.26. The summed E-state index contributed by atoms with van der Waals surface area (Å²) < 4.78 is 0. The zero-order valence-corrected chi connectivity index (χ0v) is 11.2. The van der Waals surface area contributed by atoms with E-state index in [-0.39, 0.29) is 5.91 Å². The zero-order valence-electron chi connectivity index (χ0n) is 11.2. The van der Waals surface area contributed by atoms with Crippen LogP contribution in [0.15, 0.2) is 18.3 Å². The van der Waals surface area contributed by atoms with Crippen molar-refractivity contribution in [2.75, 3.05) is 25.0 Å². The van der Waals surface area contributed by atoms with Crippen LogP contribution in [0.1, 0.15) is 19.4 Å². The number of piperazine rings is 1. The maximum absolute atomic E-state index is 12.2. The number of hydrogen-bond acceptors (Lipinski definition) is 4. The molecule has 0 aromatic carbocycles. The Labute approximate surface area is 108 Å². The molecule has 0 radical (unpaired) electrons. The molecular formula is C13H20N4O. The van der Waals surface area contributed by atoms with Crippen LogP contribution in [0.2, 0.25) is 0 Å². The van der Waals surface area contributed by atoms with Crippen LogP contribution in [0.4, 0.5) is 5.82 Å². The van der Waals surface area contributed by atoms with Crippen molar-refractivity contribution >= 4 is 11.7 Å². The number of anilines is 1. The topological polar surface area (TPSA) is 62.5 Å². The van der Waals surface area contributed by atoms with Gasteiger partial charge < -0.3 is 15.5 Å². The Morgan fingerprint density at radius 1 is 1.39 bits per heavy atom. The van der Waals surface area contributed by atoms with E-state index in [4.69, 9.17) is 5.73 Å². The number of rotatable bonds is 2. The number of hydrogen-bond donors (Lipinski definition) is 1. The third kappa shape index (κ3) is 2.06. The predicted octanol–water partition coefficient (Wildman–Crippen LogP) is 0.597. The summed E-state index contributed by atoms with van der Waals surface area (Å²) in [5.74, 6) is 0.956. The molecule has 1 aliphatic rings. The van der Waals surface area contributed by atoms with Crippen molar-refractivity contribution in [2.45, 2.75) is 25.9 Å². The molecule has 1 fully saturated rings. The van der Waals surface area contributed by atoms with Gasteiger partial charge in [0.25, 0.3) is 0 Å². The lowest BCUT2D eigenvalue weighted by atomic mass is 9.98. The number of nitrogens with two attached hydrogens (primary N) is 1. The van der Waals surface area contributed by atoms with Crippen molar-refractivity contribution in [1.29, 1.82) is 0 Å². The first-order valence-corrected chi connectivity index (χ1v) is 6.15. The van der Waals surface area contributed by atoms with E-state index in [1.54, 1.807) is 11.1 Å². The predicted molar refractivity (Wildman–Crippen MR) is 71.2 cm³/mol. The smallest absolute Gasteiger partial charge is 0.247 e. The van der Waals surface area contributed by atoms with E-state index in [1.165, 1.54) is 0 Å². The molecule has 0 unspecified atom stereocenters. The summed E-state index contributed by atoms with van der Waals surface area (Å²) in [5, 5.41) is 0. The van der Waals surface area contributed by atoms with E-state index in [1.807, 2.05) is 33.0 Å². The Hall–Kier alpha value is -1.62. The van der Waals surface area contributed by atoms with Crippen LogP contribution in [0.3, 0.4) is 0 Å². The van der Waals surface area contributed by atoms with Gasteiger partial charge in [-0.25, -0.2) is 4.98 Å². The minimum absolute atomic E-state index is 0.124. The molecule has 0 aliphatic carbocycles. The van der Waals surface area contributed by atoms with E-state index < -0.39 is 5.54 Å². The van der Waals surface area contributed by atoms with Gasteiger partial charge in [-0.15, -0.1) is 0 Å². The molecule has 2 heterocycles. The minimum Gasteiger partial charge on any atom is -0.342 e. The van der Waals surface area contributed by atoms with Crippen LogP contribution in [0.25, 0.3) is 0 Å². The molecule has 5 nitrogen and oxygen atoms in total. The van der Waals surface area contributed by atoms with Crippen LogP contribution in [0.5, 0.6) is 0 Å². The molecule has 98 valence electrons. The van der Waals surface area contributed by atoms with Gasteiger partial charge in [-0.2, -0.15) is 0 Å². The van der Waals surface area contributed by atoms with E-state index in [0.29, 0.717) is 6.54 Å². The Bertz CT molecular complexity index is 441. The van der Waals surface area contributed by atoms with Gasteiger partial charge in [0.2, 0.25) is 5.91 Å². The highest BCUT2D eigenvalue weighted by molar-refractivity contribution is 5.90. The third-order valence-corrected chi connectivity index (χ3v) is 3.53. The van der Waals surface area contributed by atoms with Crippen molar-refractivity contribution in [3.8, 4) is 0 Å². The van der Waals surface area contributed by atoms with E-state index in [2.05, 4.69) is 9.88 Å². The molecular weight excluding hydrogens is 228 g/mol. The van der Waals surface area contributed by atoms with Gasteiger partial charge in [0.05, 0.1) is 0 Å². The summed E-state index contributed by atoms with van der Waals surface area (Å²) in [6.45, 7) is 5.87. The molecule has 0 bridgehead atoms. The third-order valence-electron chi connectivity index (χ3n) is 3.53. The van der Waals surface area contributed by atoms with E-state index >= 15 is 0 Å². The van der Waals surface area contributed by atoms with Crippen molar-refractivity contribution in [3.63, 3.8) is 0 Å². The van der Waals surface area contributed by atoms with Gasteiger partial charge in [0.1, 0.15) is 11.4 Å². The summed E-state index contributed by atoms with van der Waals surface area (Å²) in [6, 6.07) is 3.89. The molecule has 0 spiro atoms. The second kappa shape index (κ2) is 4.57. The lowest BCUT2D eigenvalue weighted by Crippen LogP contribution is -2.62. The first kappa shape index (κ1) is 12.8. The zero-order chi connectivity index (χ0) is 13.3. The fourth-order valence-corrected chi connectivity index (χ4v) is 2.31. The van der Waals surface area contributed by atoms with Gasteiger partial charge in [0, 0.05) is 32.9 Å². The Morgan fingerprint density at radius 2 is 2.11 bits per heavy atom. The molecule has 2 rings (SSSR count). The monoisotopic (exact) mass is 248 g/mol. The molecule has 0 atom stereocenters. The number of aromatic nitrogens is 1. The molecule has 1 aromatic heterocycles. The van der Waals surface area contributed by atoms with Gasteiger partial charge in [-0.05, 0) is 25.5 Å². The number of carbonyl (C=O) groups excluding carboxylic acids is 1. The van der Waals surface area contributed by atoms with E-state index in [9.17, 15) is 4.79 Å². The molecule has 1 saturated heterocycles. The van der Waals surface area contributed by atoms with Crippen LogP contribution in [0, 0.1) is 0 Å². The summed E-state index contributed by atoms with van der Waals surface area (Å²) in [7, 11) is 1.84. The second-order valence-corrected chi connectivity index (χ2v) is 5.17. The number of nitrogens with zero attached hydrogens (tertiary/aromatic N) is 3. The summed E-state index contributed by atoms with van der Waals surface area (Å²) in [6.07, 6.45) is 1.77. The number of amides is 1. The Kier molecular flexibility index (Phi) is 3.26. The molecule has 0 saturated carbocycles. The molecule has 18 heavy (non-hydrogen) atoms. The van der Waals surface area contributed by atoms with Gasteiger partial charge in [0.15, 0.2) is 0 Å². The summed E-state index contributed by atoms with van der Waals surface area (Å²) >= 11 is 0. The molecule has 5 heteroatoms. The van der Waals surface area contributed by atoms with E-state index in [0.717, 1.165) is 24.5 Å². The van der Waals surface area contributed by atoms with Crippen molar-refractivity contribution in [1.82, 2.24) is 9.88 Å².